The van der Waals surface area contributed by atoms with Crippen molar-refractivity contribution in [3.63, 3.8) is 0 Å². The van der Waals surface area contributed by atoms with Crippen molar-refractivity contribution in [3.8, 4) is 12.1 Å². The Balaban J connectivity index is 1.34. The Morgan fingerprint density at radius 2 is 1.77 bits per heavy atom. The van der Waals surface area contributed by atoms with Crippen LogP contribution in [0.4, 0.5) is 11.5 Å². The van der Waals surface area contributed by atoms with Gasteiger partial charge >= 0.3 is 0 Å². The first-order valence-corrected chi connectivity index (χ1v) is 13.7. The Morgan fingerprint density at radius 1 is 1.08 bits per heavy atom. The summed E-state index contributed by atoms with van der Waals surface area (Å²) in [5, 5.41) is 18.8. The molecule has 1 aromatic heterocycles. The van der Waals surface area contributed by atoms with E-state index in [1.165, 1.54) is 6.08 Å². The molecule has 2 amide bonds. The highest BCUT2D eigenvalue weighted by Crippen LogP contribution is 2.47. The van der Waals surface area contributed by atoms with Crippen molar-refractivity contribution in [2.75, 3.05) is 10.6 Å². The minimum Gasteiger partial charge on any atom is -0.383 e. The molecule has 39 heavy (non-hydrogen) atoms. The number of aromatic nitrogens is 1. The van der Waals surface area contributed by atoms with Crippen LogP contribution in [-0.2, 0) is 9.59 Å². The molecule has 0 bridgehead atoms. The van der Waals surface area contributed by atoms with E-state index in [0.29, 0.717) is 16.8 Å². The van der Waals surface area contributed by atoms with Crippen LogP contribution in [0, 0.1) is 22.7 Å². The van der Waals surface area contributed by atoms with Crippen LogP contribution in [0.25, 0.3) is 6.08 Å². The first-order chi connectivity index (χ1) is 18.8. The number of amides is 2. The molecule has 1 aliphatic carbocycles. The van der Waals surface area contributed by atoms with Gasteiger partial charge in [0.25, 0.3) is 0 Å². The zero-order valence-corrected chi connectivity index (χ0v) is 22.8. The van der Waals surface area contributed by atoms with Gasteiger partial charge in [0.05, 0.1) is 22.1 Å². The lowest BCUT2D eigenvalue weighted by Gasteiger charge is -2.16. The quantitative estimate of drug-likeness (QED) is 0.218. The minimum atomic E-state index is -0.801. The Hall–Kier alpha value is -4.25. The molecule has 2 heterocycles. The molecule has 192 valence electrons. The predicted molar refractivity (Wildman–Crippen MR) is 151 cm³/mol. The van der Waals surface area contributed by atoms with E-state index in [9.17, 15) is 24.9 Å². The van der Waals surface area contributed by atoms with Gasteiger partial charge in [-0.3, -0.25) is 14.4 Å². The summed E-state index contributed by atoms with van der Waals surface area (Å²) in [7, 11) is 0. The summed E-state index contributed by atoms with van der Waals surface area (Å²) in [5.41, 5.74) is 8.68. The van der Waals surface area contributed by atoms with Crippen molar-refractivity contribution in [3.05, 3.63) is 86.9 Å². The number of carbonyl (C=O) groups excluding carboxylic acids is 3. The van der Waals surface area contributed by atoms with E-state index >= 15 is 0 Å². The molecule has 1 saturated carbocycles. The summed E-state index contributed by atoms with van der Waals surface area (Å²) in [6.45, 7) is 0. The van der Waals surface area contributed by atoms with Gasteiger partial charge < -0.3 is 5.73 Å². The van der Waals surface area contributed by atoms with Crippen LogP contribution in [-0.4, -0.2) is 27.8 Å². The lowest BCUT2D eigenvalue weighted by atomic mass is 10.0. The molecule has 2 fully saturated rings. The standard InChI is InChI=1S/C29H20BrN5O3S/c30-22-4-2-1-3-16(22)9-12-23(36)17-7-10-19(11-8-17)35-25(37)13-24(29(35)38)39-28-21(15-32)26(18-5-6-18)20(14-31)27(33)34-28/h1-4,7-12,18,24H,5-6,13H2,(H2,33,34)/b12-9+/t24-/m1/s1. The third-order valence-electron chi connectivity index (χ3n) is 6.53. The zero-order chi connectivity index (χ0) is 27.7. The van der Waals surface area contributed by atoms with Gasteiger partial charge in [0, 0.05) is 16.5 Å². The van der Waals surface area contributed by atoms with Crippen LogP contribution >= 0.6 is 27.7 Å². The van der Waals surface area contributed by atoms with Crippen molar-refractivity contribution >= 4 is 62.9 Å². The van der Waals surface area contributed by atoms with E-state index in [4.69, 9.17) is 5.73 Å². The summed E-state index contributed by atoms with van der Waals surface area (Å²) < 4.78 is 0.868. The summed E-state index contributed by atoms with van der Waals surface area (Å²) in [6.07, 6.45) is 4.80. The van der Waals surface area contributed by atoms with E-state index in [1.807, 2.05) is 30.3 Å². The fourth-order valence-electron chi connectivity index (χ4n) is 4.44. The Kier molecular flexibility index (Phi) is 7.34. The van der Waals surface area contributed by atoms with E-state index in [2.05, 4.69) is 27.0 Å². The topological polar surface area (TPSA) is 141 Å². The number of allylic oxidation sites excluding steroid dienone is 1. The number of pyridine rings is 1. The number of nitriles is 2. The molecule has 0 unspecified atom stereocenters. The maximum Gasteiger partial charge on any atom is 0.247 e. The van der Waals surface area contributed by atoms with Crippen LogP contribution in [0.5, 0.6) is 0 Å². The van der Waals surface area contributed by atoms with Crippen LogP contribution in [0.3, 0.4) is 0 Å². The number of halogens is 1. The van der Waals surface area contributed by atoms with E-state index < -0.39 is 17.1 Å². The molecule has 2 aromatic carbocycles. The van der Waals surface area contributed by atoms with Crippen LogP contribution in [0.2, 0.25) is 0 Å². The number of nitrogen functional groups attached to an aromatic ring is 1. The molecule has 0 radical (unpaired) electrons. The molecule has 1 saturated heterocycles. The third-order valence-corrected chi connectivity index (χ3v) is 8.42. The number of rotatable bonds is 7. The number of anilines is 2. The summed E-state index contributed by atoms with van der Waals surface area (Å²) in [6, 6.07) is 18.0. The van der Waals surface area contributed by atoms with Gasteiger partial charge in [0.15, 0.2) is 5.78 Å². The number of nitrogens with two attached hydrogens (primary N) is 1. The number of imide groups is 1. The maximum absolute atomic E-state index is 13.3. The maximum atomic E-state index is 13.3. The van der Waals surface area contributed by atoms with Gasteiger partial charge in [0.2, 0.25) is 11.8 Å². The van der Waals surface area contributed by atoms with Gasteiger partial charge in [-0.25, -0.2) is 9.88 Å². The second-order valence-electron chi connectivity index (χ2n) is 9.11. The first kappa shape index (κ1) is 26.4. The van der Waals surface area contributed by atoms with Crippen LogP contribution in [0.15, 0.2) is 64.1 Å². The summed E-state index contributed by atoms with van der Waals surface area (Å²) in [5.74, 6) is -0.970. The molecule has 0 spiro atoms. The molecule has 10 heteroatoms. The van der Waals surface area contributed by atoms with Crippen molar-refractivity contribution in [2.24, 2.45) is 0 Å². The van der Waals surface area contributed by atoms with Gasteiger partial charge in [-0.15, -0.1) is 0 Å². The third kappa shape index (κ3) is 5.22. The Bertz CT molecular complexity index is 1630. The largest absolute Gasteiger partial charge is 0.383 e. The highest BCUT2D eigenvalue weighted by atomic mass is 79.9. The monoisotopic (exact) mass is 597 g/mol. The second-order valence-corrected chi connectivity index (χ2v) is 11.2. The summed E-state index contributed by atoms with van der Waals surface area (Å²) in [4.78, 5) is 44.1. The second kappa shape index (κ2) is 10.9. The molecule has 5 rings (SSSR count). The fourth-order valence-corrected chi connectivity index (χ4v) is 5.98. The van der Waals surface area contributed by atoms with Gasteiger partial charge in [-0.05, 0) is 72.4 Å². The smallest absolute Gasteiger partial charge is 0.247 e. The van der Waals surface area contributed by atoms with Crippen molar-refractivity contribution in [1.82, 2.24) is 4.98 Å². The Labute approximate surface area is 237 Å². The number of carbonyl (C=O) groups is 3. The Morgan fingerprint density at radius 3 is 2.41 bits per heavy atom. The lowest BCUT2D eigenvalue weighted by molar-refractivity contribution is -0.121. The molecule has 8 nitrogen and oxygen atoms in total. The average molecular weight is 598 g/mol. The van der Waals surface area contributed by atoms with Gasteiger partial charge in [-0.1, -0.05) is 45.9 Å². The first-order valence-electron chi connectivity index (χ1n) is 12.1. The molecule has 1 atom stereocenters. The van der Waals surface area contributed by atoms with E-state index in [0.717, 1.165) is 39.5 Å². The van der Waals surface area contributed by atoms with Gasteiger partial charge in [0.1, 0.15) is 23.0 Å². The summed E-state index contributed by atoms with van der Waals surface area (Å²) >= 11 is 4.46. The van der Waals surface area contributed by atoms with Crippen molar-refractivity contribution in [1.29, 1.82) is 10.5 Å². The highest BCUT2D eigenvalue weighted by molar-refractivity contribution is 9.10. The number of hydrogen-bond donors (Lipinski definition) is 1. The van der Waals surface area contributed by atoms with Crippen molar-refractivity contribution in [2.45, 2.75) is 35.5 Å². The van der Waals surface area contributed by atoms with Gasteiger partial charge in [-0.2, -0.15) is 10.5 Å². The zero-order valence-electron chi connectivity index (χ0n) is 20.4. The number of thioether (sulfide) groups is 1. The van der Waals surface area contributed by atoms with E-state index in [1.54, 1.807) is 30.3 Å². The average Bonchev–Trinajstić information content (AvgIpc) is 3.73. The number of ketones is 1. The highest BCUT2D eigenvalue weighted by Gasteiger charge is 2.42. The molecular formula is C29H20BrN5O3S. The fraction of sp³-hybridized carbons (Fsp3) is 0.172. The molecular weight excluding hydrogens is 578 g/mol. The minimum absolute atomic E-state index is 0.0171. The molecule has 3 aromatic rings. The SMILES string of the molecule is N#Cc1c(N)nc(S[C@@H]2CC(=O)N(c3ccc(C(=O)/C=C/c4ccccc4Br)cc3)C2=O)c(C#N)c1C1CC1. The normalized spacial score (nSPS) is 16.9. The number of nitrogens with zero attached hydrogens (tertiary/aromatic N) is 4. The molecule has 1 aliphatic heterocycles. The van der Waals surface area contributed by atoms with Crippen LogP contribution in [0.1, 0.15) is 57.8 Å². The van der Waals surface area contributed by atoms with Crippen molar-refractivity contribution < 1.29 is 14.4 Å². The lowest BCUT2D eigenvalue weighted by Crippen LogP contribution is -2.31. The van der Waals surface area contributed by atoms with E-state index in [-0.39, 0.29) is 40.1 Å². The van der Waals surface area contributed by atoms with Crippen LogP contribution < -0.4 is 10.6 Å². The number of hydrogen-bond acceptors (Lipinski definition) is 8. The molecule has 2 aliphatic rings. The number of benzene rings is 2. The molecule has 2 N–H and O–H groups in total. The predicted octanol–water partition coefficient (Wildman–Crippen LogP) is 5.37.